The monoisotopic (exact) mass is 328 g/mol. The quantitative estimate of drug-likeness (QED) is 0.524. The summed E-state index contributed by atoms with van der Waals surface area (Å²) in [6.45, 7) is 5.93. The van der Waals surface area contributed by atoms with Crippen LogP contribution in [0.15, 0.2) is 66.7 Å². The van der Waals surface area contributed by atoms with Gasteiger partial charge in [-0.15, -0.1) is 0 Å². The molecule has 0 heterocycles. The van der Waals surface area contributed by atoms with Gasteiger partial charge in [0.1, 0.15) is 0 Å². The highest BCUT2D eigenvalue weighted by Gasteiger charge is 2.19. The summed E-state index contributed by atoms with van der Waals surface area (Å²) in [6.07, 6.45) is 1.77. The lowest BCUT2D eigenvalue weighted by Gasteiger charge is -2.19. The van der Waals surface area contributed by atoms with E-state index in [1.165, 1.54) is 16.7 Å². The maximum Gasteiger partial charge on any atom is 0.160 e. The molecule has 1 nitrogen and oxygen atoms in total. The molecule has 3 rings (SSSR count). The zero-order chi connectivity index (χ0) is 17.8. The Hall–Kier alpha value is -2.67. The summed E-state index contributed by atoms with van der Waals surface area (Å²) in [5.41, 5.74) is 7.96. The van der Waals surface area contributed by atoms with Gasteiger partial charge in [0.05, 0.1) is 0 Å². The third-order valence-electron chi connectivity index (χ3n) is 4.81. The predicted molar refractivity (Wildman–Crippen MR) is 105 cm³/mol. The number of benzene rings is 3. The molecule has 0 bridgehead atoms. The van der Waals surface area contributed by atoms with Crippen molar-refractivity contribution >= 4 is 5.78 Å². The number of carbonyl (C=O) groups excluding carboxylic acids is 1. The van der Waals surface area contributed by atoms with Crippen molar-refractivity contribution in [2.45, 2.75) is 33.6 Å². The second-order valence-electron chi connectivity index (χ2n) is 6.51. The number of carbonyl (C=O) groups is 1. The van der Waals surface area contributed by atoms with Gasteiger partial charge >= 0.3 is 0 Å². The van der Waals surface area contributed by atoms with Crippen LogP contribution in [0.2, 0.25) is 0 Å². The second kappa shape index (κ2) is 7.48. The Morgan fingerprint density at radius 1 is 0.880 bits per heavy atom. The molecule has 126 valence electrons. The first kappa shape index (κ1) is 17.2. The van der Waals surface area contributed by atoms with Gasteiger partial charge in [-0.2, -0.15) is 0 Å². The van der Waals surface area contributed by atoms with Crippen LogP contribution in [0.25, 0.3) is 11.1 Å². The standard InChI is InChI=1S/C24H24O/c1-4-20-16-22(15-19-11-7-5-8-12-19)17(2)23(18(3)25)24(20)21-13-9-6-10-14-21/h5-14,16H,4,15H2,1-3H3. The largest absolute Gasteiger partial charge is 0.294 e. The molecule has 0 saturated carbocycles. The summed E-state index contributed by atoms with van der Waals surface area (Å²) in [5, 5.41) is 0. The molecule has 0 atom stereocenters. The fraction of sp³-hybridized carbons (Fsp3) is 0.208. The van der Waals surface area contributed by atoms with Gasteiger partial charge in [0.2, 0.25) is 0 Å². The van der Waals surface area contributed by atoms with E-state index in [1.54, 1.807) is 6.92 Å². The van der Waals surface area contributed by atoms with E-state index >= 15 is 0 Å². The number of hydrogen-bond acceptors (Lipinski definition) is 1. The lowest BCUT2D eigenvalue weighted by Crippen LogP contribution is -2.07. The van der Waals surface area contributed by atoms with E-state index in [0.29, 0.717) is 0 Å². The van der Waals surface area contributed by atoms with Crippen molar-refractivity contribution in [3.8, 4) is 11.1 Å². The maximum atomic E-state index is 12.5. The topological polar surface area (TPSA) is 17.1 Å². The Balaban J connectivity index is 2.21. The maximum absolute atomic E-state index is 12.5. The van der Waals surface area contributed by atoms with Gasteiger partial charge in [-0.1, -0.05) is 73.7 Å². The van der Waals surface area contributed by atoms with Crippen molar-refractivity contribution in [1.82, 2.24) is 0 Å². The third kappa shape index (κ3) is 3.56. The number of Topliss-reactive ketones (excluding diaryl/α,β-unsaturated/α-hetero) is 1. The molecule has 3 aromatic carbocycles. The number of ketones is 1. The molecule has 0 aliphatic heterocycles. The van der Waals surface area contributed by atoms with E-state index in [0.717, 1.165) is 35.1 Å². The molecule has 0 aromatic heterocycles. The Morgan fingerprint density at radius 3 is 2.04 bits per heavy atom. The third-order valence-corrected chi connectivity index (χ3v) is 4.81. The highest BCUT2D eigenvalue weighted by Crippen LogP contribution is 2.34. The highest BCUT2D eigenvalue weighted by atomic mass is 16.1. The summed E-state index contributed by atoms with van der Waals surface area (Å²) in [6, 6.07) is 23.0. The van der Waals surface area contributed by atoms with Crippen LogP contribution in [0.5, 0.6) is 0 Å². The summed E-state index contributed by atoms with van der Waals surface area (Å²) in [7, 11) is 0. The lowest BCUT2D eigenvalue weighted by atomic mass is 9.84. The first-order valence-electron chi connectivity index (χ1n) is 8.87. The minimum Gasteiger partial charge on any atom is -0.294 e. The first-order valence-corrected chi connectivity index (χ1v) is 8.87. The van der Waals surface area contributed by atoms with Crippen molar-refractivity contribution in [3.05, 3.63) is 94.5 Å². The molecule has 0 aliphatic rings. The Kier molecular flexibility index (Phi) is 5.14. The summed E-state index contributed by atoms with van der Waals surface area (Å²) >= 11 is 0. The van der Waals surface area contributed by atoms with Gasteiger partial charge in [0, 0.05) is 5.56 Å². The van der Waals surface area contributed by atoms with E-state index < -0.39 is 0 Å². The number of aryl methyl sites for hydroxylation is 1. The van der Waals surface area contributed by atoms with Gasteiger partial charge in [-0.05, 0) is 60.1 Å². The smallest absolute Gasteiger partial charge is 0.160 e. The highest BCUT2D eigenvalue weighted by molar-refractivity contribution is 6.03. The molecule has 1 heteroatoms. The van der Waals surface area contributed by atoms with Crippen LogP contribution in [0, 0.1) is 6.92 Å². The average molecular weight is 328 g/mol. The molecule has 0 radical (unpaired) electrons. The Bertz CT molecular complexity index is 877. The number of rotatable bonds is 5. The molecule has 0 aliphatic carbocycles. The minimum atomic E-state index is 0.140. The summed E-state index contributed by atoms with van der Waals surface area (Å²) in [5.74, 6) is 0.140. The fourth-order valence-electron chi connectivity index (χ4n) is 3.55. The summed E-state index contributed by atoms with van der Waals surface area (Å²) < 4.78 is 0. The molecule has 0 saturated heterocycles. The van der Waals surface area contributed by atoms with Crippen molar-refractivity contribution in [2.24, 2.45) is 0 Å². The van der Waals surface area contributed by atoms with Crippen molar-refractivity contribution in [1.29, 1.82) is 0 Å². The van der Waals surface area contributed by atoms with Crippen LogP contribution in [-0.2, 0) is 12.8 Å². The van der Waals surface area contributed by atoms with Crippen LogP contribution in [0.1, 0.15) is 46.5 Å². The van der Waals surface area contributed by atoms with Gasteiger partial charge in [0.25, 0.3) is 0 Å². The lowest BCUT2D eigenvalue weighted by molar-refractivity contribution is 0.101. The average Bonchev–Trinajstić information content (AvgIpc) is 2.64. The van der Waals surface area contributed by atoms with E-state index in [-0.39, 0.29) is 5.78 Å². The van der Waals surface area contributed by atoms with Gasteiger partial charge in [0.15, 0.2) is 5.78 Å². The van der Waals surface area contributed by atoms with Crippen molar-refractivity contribution < 1.29 is 4.79 Å². The van der Waals surface area contributed by atoms with Crippen molar-refractivity contribution in [3.63, 3.8) is 0 Å². The molecular formula is C24H24O. The van der Waals surface area contributed by atoms with Crippen LogP contribution in [0.3, 0.4) is 0 Å². The first-order chi connectivity index (χ1) is 12.1. The zero-order valence-corrected chi connectivity index (χ0v) is 15.2. The molecule has 3 aromatic rings. The molecule has 25 heavy (non-hydrogen) atoms. The van der Waals surface area contributed by atoms with E-state index in [9.17, 15) is 4.79 Å². The second-order valence-corrected chi connectivity index (χ2v) is 6.51. The molecule has 0 unspecified atom stereocenters. The van der Waals surface area contributed by atoms with Crippen LogP contribution in [0.4, 0.5) is 0 Å². The van der Waals surface area contributed by atoms with Crippen molar-refractivity contribution in [2.75, 3.05) is 0 Å². The van der Waals surface area contributed by atoms with Crippen LogP contribution < -0.4 is 0 Å². The molecule has 0 fully saturated rings. The Morgan fingerprint density at radius 2 is 1.48 bits per heavy atom. The minimum absolute atomic E-state index is 0.140. The normalized spacial score (nSPS) is 10.7. The van der Waals surface area contributed by atoms with Gasteiger partial charge in [-0.3, -0.25) is 4.79 Å². The van der Waals surface area contributed by atoms with Gasteiger partial charge in [-0.25, -0.2) is 0 Å². The molecule has 0 N–H and O–H groups in total. The summed E-state index contributed by atoms with van der Waals surface area (Å²) in [4.78, 5) is 12.5. The molecule has 0 spiro atoms. The van der Waals surface area contributed by atoms with Crippen LogP contribution in [-0.4, -0.2) is 5.78 Å². The number of hydrogen-bond donors (Lipinski definition) is 0. The molecular weight excluding hydrogens is 304 g/mol. The molecule has 0 amide bonds. The van der Waals surface area contributed by atoms with E-state index in [4.69, 9.17) is 0 Å². The zero-order valence-electron chi connectivity index (χ0n) is 15.2. The van der Waals surface area contributed by atoms with Crippen LogP contribution >= 0.6 is 0 Å². The SMILES string of the molecule is CCc1cc(Cc2ccccc2)c(C)c(C(C)=O)c1-c1ccccc1. The Labute approximate surface area is 150 Å². The van der Waals surface area contributed by atoms with Gasteiger partial charge < -0.3 is 0 Å². The fourth-order valence-corrected chi connectivity index (χ4v) is 3.55. The van der Waals surface area contributed by atoms with E-state index in [2.05, 4.69) is 56.3 Å². The van der Waals surface area contributed by atoms with E-state index in [1.807, 2.05) is 24.3 Å². The predicted octanol–water partition coefficient (Wildman–Crippen LogP) is 6.02.